The zero-order valence-electron chi connectivity index (χ0n) is 14.7. The predicted octanol–water partition coefficient (Wildman–Crippen LogP) is 2.84. The molecule has 0 radical (unpaired) electrons. The molecule has 2 aromatic rings. The molecule has 2 amide bonds. The van der Waals surface area contributed by atoms with Crippen molar-refractivity contribution in [3.63, 3.8) is 0 Å². The van der Waals surface area contributed by atoms with Crippen molar-refractivity contribution in [2.75, 3.05) is 31.5 Å². The van der Waals surface area contributed by atoms with E-state index in [1.54, 1.807) is 36.4 Å². The highest BCUT2D eigenvalue weighted by molar-refractivity contribution is 6.03. The van der Waals surface area contributed by atoms with E-state index in [1.807, 2.05) is 4.90 Å². The third-order valence-corrected chi connectivity index (χ3v) is 5.22. The van der Waals surface area contributed by atoms with E-state index in [-0.39, 0.29) is 17.6 Å². The van der Waals surface area contributed by atoms with E-state index < -0.39 is 0 Å². The van der Waals surface area contributed by atoms with Crippen LogP contribution in [0.2, 0.25) is 0 Å². The average Bonchev–Trinajstić information content (AvgIpc) is 3.43. The molecule has 26 heavy (non-hydrogen) atoms. The van der Waals surface area contributed by atoms with Crippen LogP contribution in [0.3, 0.4) is 0 Å². The number of carbonyl (C=O) groups is 2. The topological polar surface area (TPSA) is 65.8 Å². The minimum atomic E-state index is -0.324. The van der Waals surface area contributed by atoms with E-state index in [1.165, 1.54) is 19.1 Å². The van der Waals surface area contributed by atoms with Gasteiger partial charge in [-0.05, 0) is 62.7 Å². The first kappa shape index (κ1) is 16.8. The lowest BCUT2D eigenvalue weighted by Gasteiger charge is -2.23. The second-order valence-electron chi connectivity index (χ2n) is 6.95. The molecule has 6 heteroatoms. The molecule has 6 nitrogen and oxygen atoms in total. The Balaban J connectivity index is 1.41. The Labute approximate surface area is 152 Å². The molecule has 1 unspecified atom stereocenters. The maximum Gasteiger partial charge on any atom is 0.291 e. The molecular formula is C20H23N3O3. The third-order valence-electron chi connectivity index (χ3n) is 5.22. The molecule has 2 saturated heterocycles. The van der Waals surface area contributed by atoms with Crippen LogP contribution in [0, 0.1) is 0 Å². The molecule has 0 saturated carbocycles. The van der Waals surface area contributed by atoms with E-state index in [9.17, 15) is 9.59 Å². The molecule has 0 aliphatic carbocycles. The lowest BCUT2D eigenvalue weighted by atomic mass is 10.1. The fourth-order valence-electron chi connectivity index (χ4n) is 3.84. The summed E-state index contributed by atoms with van der Waals surface area (Å²) in [7, 11) is 0. The summed E-state index contributed by atoms with van der Waals surface area (Å²) in [6, 6.07) is 10.9. The quantitative estimate of drug-likeness (QED) is 0.918. The Hall–Kier alpha value is -2.60. The number of furan rings is 1. The second-order valence-corrected chi connectivity index (χ2v) is 6.95. The largest absolute Gasteiger partial charge is 0.459 e. The van der Waals surface area contributed by atoms with Gasteiger partial charge in [0.15, 0.2) is 5.76 Å². The average molecular weight is 353 g/mol. The van der Waals surface area contributed by atoms with Gasteiger partial charge in [-0.15, -0.1) is 0 Å². The lowest BCUT2D eigenvalue weighted by molar-refractivity contribution is 0.0779. The van der Waals surface area contributed by atoms with Crippen LogP contribution in [0.5, 0.6) is 0 Å². The maximum absolute atomic E-state index is 12.9. The molecule has 136 valence electrons. The van der Waals surface area contributed by atoms with Gasteiger partial charge in [-0.25, -0.2) is 0 Å². The van der Waals surface area contributed by atoms with E-state index in [0.717, 1.165) is 32.6 Å². The van der Waals surface area contributed by atoms with Gasteiger partial charge in [0.1, 0.15) is 0 Å². The van der Waals surface area contributed by atoms with E-state index >= 15 is 0 Å². The van der Waals surface area contributed by atoms with Crippen molar-refractivity contribution in [3.8, 4) is 0 Å². The normalized spacial score (nSPS) is 20.5. The summed E-state index contributed by atoms with van der Waals surface area (Å²) in [6.45, 7) is 3.90. The second kappa shape index (κ2) is 7.33. The number of anilines is 1. The Kier molecular flexibility index (Phi) is 4.75. The van der Waals surface area contributed by atoms with Crippen LogP contribution < -0.4 is 5.32 Å². The van der Waals surface area contributed by atoms with Gasteiger partial charge in [0, 0.05) is 30.4 Å². The van der Waals surface area contributed by atoms with Crippen LogP contribution in [-0.4, -0.2) is 53.8 Å². The number of likely N-dealkylation sites (tertiary alicyclic amines) is 2. The highest BCUT2D eigenvalue weighted by atomic mass is 16.3. The van der Waals surface area contributed by atoms with Crippen LogP contribution in [0.1, 0.15) is 40.2 Å². The van der Waals surface area contributed by atoms with Gasteiger partial charge in [-0.2, -0.15) is 0 Å². The summed E-state index contributed by atoms with van der Waals surface area (Å²) in [5, 5.41) is 2.77. The zero-order chi connectivity index (χ0) is 17.9. The molecule has 0 bridgehead atoms. The van der Waals surface area contributed by atoms with Gasteiger partial charge in [0.25, 0.3) is 11.8 Å². The number of benzene rings is 1. The molecule has 4 rings (SSSR count). The predicted molar refractivity (Wildman–Crippen MR) is 98.2 cm³/mol. The van der Waals surface area contributed by atoms with Crippen molar-refractivity contribution in [1.29, 1.82) is 0 Å². The number of rotatable bonds is 4. The van der Waals surface area contributed by atoms with Gasteiger partial charge >= 0.3 is 0 Å². The molecule has 2 fully saturated rings. The van der Waals surface area contributed by atoms with E-state index in [0.29, 0.717) is 17.3 Å². The van der Waals surface area contributed by atoms with Crippen LogP contribution in [0.15, 0.2) is 47.1 Å². The lowest BCUT2D eigenvalue weighted by Crippen LogP contribution is -2.37. The summed E-state index contributed by atoms with van der Waals surface area (Å²) in [4.78, 5) is 29.4. The fraction of sp³-hybridized carbons (Fsp3) is 0.400. The molecule has 1 aromatic carbocycles. The standard InChI is InChI=1S/C20H23N3O3/c24-19(18-7-4-12-26-18)21-16-6-3-5-15(13-16)20(25)23-11-8-17(14-23)22-9-1-2-10-22/h3-7,12-13,17H,1-2,8-11,14H2,(H,21,24). The van der Waals surface area contributed by atoms with Gasteiger partial charge in [-0.3, -0.25) is 14.5 Å². The van der Waals surface area contributed by atoms with E-state index in [4.69, 9.17) is 4.42 Å². The molecule has 1 aromatic heterocycles. The first-order chi connectivity index (χ1) is 12.7. The summed E-state index contributed by atoms with van der Waals surface area (Å²) in [5.74, 6) is -0.0506. The maximum atomic E-state index is 12.9. The summed E-state index contributed by atoms with van der Waals surface area (Å²) in [6.07, 6.45) is 5.03. The number of amides is 2. The van der Waals surface area contributed by atoms with Crippen molar-refractivity contribution < 1.29 is 14.0 Å². The Morgan fingerprint density at radius 3 is 2.69 bits per heavy atom. The van der Waals surface area contributed by atoms with Crippen LogP contribution in [0.4, 0.5) is 5.69 Å². The van der Waals surface area contributed by atoms with Crippen molar-refractivity contribution in [1.82, 2.24) is 9.80 Å². The Bertz CT molecular complexity index is 781. The molecule has 2 aliphatic heterocycles. The molecule has 1 atom stereocenters. The van der Waals surface area contributed by atoms with Crippen LogP contribution in [0.25, 0.3) is 0 Å². The SMILES string of the molecule is O=C(Nc1cccc(C(=O)N2CCC(N3CCCC3)C2)c1)c1ccco1. The molecule has 2 aliphatic rings. The van der Waals surface area contributed by atoms with Crippen molar-refractivity contribution in [2.45, 2.75) is 25.3 Å². The number of nitrogens with one attached hydrogen (secondary N) is 1. The number of hydrogen-bond acceptors (Lipinski definition) is 4. The number of hydrogen-bond donors (Lipinski definition) is 1. The highest BCUT2D eigenvalue weighted by Gasteiger charge is 2.31. The van der Waals surface area contributed by atoms with Gasteiger partial charge < -0.3 is 14.6 Å². The molecular weight excluding hydrogens is 330 g/mol. The Morgan fingerprint density at radius 1 is 1.08 bits per heavy atom. The van der Waals surface area contributed by atoms with Gasteiger partial charge in [0.05, 0.1) is 6.26 Å². The third kappa shape index (κ3) is 3.51. The Morgan fingerprint density at radius 2 is 1.92 bits per heavy atom. The van der Waals surface area contributed by atoms with Crippen molar-refractivity contribution in [3.05, 3.63) is 54.0 Å². The molecule has 3 heterocycles. The van der Waals surface area contributed by atoms with E-state index in [2.05, 4.69) is 10.2 Å². The molecule has 0 spiro atoms. The minimum absolute atomic E-state index is 0.0285. The smallest absolute Gasteiger partial charge is 0.291 e. The van der Waals surface area contributed by atoms with Gasteiger partial charge in [-0.1, -0.05) is 6.07 Å². The van der Waals surface area contributed by atoms with Crippen LogP contribution in [-0.2, 0) is 0 Å². The zero-order valence-corrected chi connectivity index (χ0v) is 14.7. The number of nitrogens with zero attached hydrogens (tertiary/aromatic N) is 2. The molecule has 1 N–H and O–H groups in total. The van der Waals surface area contributed by atoms with Crippen molar-refractivity contribution >= 4 is 17.5 Å². The first-order valence-corrected chi connectivity index (χ1v) is 9.19. The minimum Gasteiger partial charge on any atom is -0.459 e. The first-order valence-electron chi connectivity index (χ1n) is 9.19. The monoisotopic (exact) mass is 353 g/mol. The fourth-order valence-corrected chi connectivity index (χ4v) is 3.84. The van der Waals surface area contributed by atoms with Gasteiger partial charge in [0.2, 0.25) is 0 Å². The van der Waals surface area contributed by atoms with Crippen LogP contribution >= 0.6 is 0 Å². The van der Waals surface area contributed by atoms with Crippen molar-refractivity contribution in [2.24, 2.45) is 0 Å². The summed E-state index contributed by atoms with van der Waals surface area (Å²) in [5.41, 5.74) is 1.19. The highest BCUT2D eigenvalue weighted by Crippen LogP contribution is 2.22. The number of carbonyl (C=O) groups excluding carboxylic acids is 2. The summed E-state index contributed by atoms with van der Waals surface area (Å²) < 4.78 is 5.10. The summed E-state index contributed by atoms with van der Waals surface area (Å²) >= 11 is 0.